The molecule has 0 rings (SSSR count). The summed E-state index contributed by atoms with van der Waals surface area (Å²) < 4.78 is 63.2. The molecule has 8 nitrogen and oxygen atoms in total. The Morgan fingerprint density at radius 1 is 0.667 bits per heavy atom. The van der Waals surface area contributed by atoms with E-state index in [1.807, 2.05) is 0 Å². The van der Waals surface area contributed by atoms with Crippen molar-refractivity contribution in [1.82, 2.24) is 0 Å². The van der Waals surface area contributed by atoms with Gasteiger partial charge in [0.1, 0.15) is 0 Å². The van der Waals surface area contributed by atoms with Crippen molar-refractivity contribution in [1.29, 1.82) is 0 Å². The molecule has 4 N–H and O–H groups in total. The molecule has 0 unspecified atom stereocenters. The van der Waals surface area contributed by atoms with Crippen molar-refractivity contribution < 1.29 is 35.0 Å². The van der Waals surface area contributed by atoms with Crippen LogP contribution in [0.15, 0.2) is 0 Å². The second-order valence-electron chi connectivity index (χ2n) is 0.896. The zero-order chi connectivity index (χ0) is 9.00. The predicted molar refractivity (Wildman–Crippen MR) is 44.0 cm³/mol. The van der Waals surface area contributed by atoms with Crippen molar-refractivity contribution in [2.24, 2.45) is 0 Å². The van der Waals surface area contributed by atoms with Gasteiger partial charge in [0.15, 0.2) is 0 Å². The average molecular weight is 263 g/mol. The molecule has 0 aliphatic heterocycles. The Hall–Kier alpha value is 2.14. The van der Waals surface area contributed by atoms with Crippen LogP contribution in [0, 0.1) is 0 Å². The maximum atomic E-state index is 8.74. The third-order valence-electron chi connectivity index (χ3n) is 0. The predicted octanol–water partition coefficient (Wildman–Crippen LogP) is -2.87. The Morgan fingerprint density at radius 3 is 0.667 bits per heavy atom. The zero-order valence-corrected chi connectivity index (χ0v) is 5.87. The van der Waals surface area contributed by atoms with Gasteiger partial charge >= 0.3 is 95.2 Å². The van der Waals surface area contributed by atoms with Crippen molar-refractivity contribution in [3.63, 3.8) is 0 Å². The van der Waals surface area contributed by atoms with E-state index in [0.717, 1.165) is 0 Å². The Morgan fingerprint density at radius 2 is 0.667 bits per heavy atom. The number of hydrogen-bond acceptors (Lipinski definition) is 4. The third kappa shape index (κ3) is 328. The van der Waals surface area contributed by atoms with Crippen LogP contribution in [0.2, 0.25) is 0 Å². The summed E-state index contributed by atoms with van der Waals surface area (Å²) in [7, 11) is -9.33. The van der Waals surface area contributed by atoms with Crippen LogP contribution in [-0.2, 0) is 20.8 Å². The molecule has 0 bridgehead atoms. The van der Waals surface area contributed by atoms with E-state index < -0.39 is 20.8 Å². The van der Waals surface area contributed by atoms with Gasteiger partial charge in [-0.2, -0.15) is 16.8 Å². The summed E-state index contributed by atoms with van der Waals surface area (Å²) in [5, 5.41) is 0. The van der Waals surface area contributed by atoms with Gasteiger partial charge in [-0.1, -0.05) is 0 Å². The second kappa shape index (κ2) is 9.69. The van der Waals surface area contributed by atoms with Crippen LogP contribution in [0.3, 0.4) is 0 Å². The first-order chi connectivity index (χ1) is 4.00. The van der Waals surface area contributed by atoms with Gasteiger partial charge in [-0.15, -0.1) is 0 Å². The van der Waals surface area contributed by atoms with Crippen LogP contribution in [0.25, 0.3) is 0 Å². The quantitative estimate of drug-likeness (QED) is 0.269. The van der Waals surface area contributed by atoms with E-state index in [2.05, 4.69) is 0 Å². The normalized spacial score (nSPS) is 9.67. The van der Waals surface area contributed by atoms with Crippen LogP contribution in [0.4, 0.5) is 0 Å². The Balaban J connectivity index is -0.0000000457. The molecule has 0 aromatic carbocycles. The van der Waals surface area contributed by atoms with Crippen molar-refractivity contribution in [3.05, 3.63) is 0 Å². The van der Waals surface area contributed by atoms with Crippen molar-refractivity contribution >= 4 is 95.2 Å². The maximum Gasteiger partial charge on any atom is 0.316 e. The fourth-order valence-corrected chi connectivity index (χ4v) is 0. The molecular weight excluding hydrogens is 256 g/mol. The Labute approximate surface area is 128 Å². The molecule has 0 amide bonds. The topological polar surface area (TPSA) is 149 Å². The van der Waals surface area contributed by atoms with Gasteiger partial charge in [0.2, 0.25) is 0 Å². The largest absolute Gasteiger partial charge is 0.316 e. The monoisotopic (exact) mass is 262 g/mol. The zero-order valence-electron chi connectivity index (χ0n) is 4.24. The average Bonchev–Trinajstić information content (AvgIpc) is 1.12. The van der Waals surface area contributed by atoms with E-state index in [4.69, 9.17) is 35.0 Å². The molecule has 0 atom stereocenters. The second-order valence-corrected chi connectivity index (χ2v) is 2.69. The SMILES string of the molecule is O=S(=O)(O)O.O=S(=O)(O)O.[KH].[MgH2]. The molecule has 0 fully saturated rings. The van der Waals surface area contributed by atoms with E-state index in [-0.39, 0.29) is 74.4 Å². The minimum absolute atomic E-state index is 0. The summed E-state index contributed by atoms with van der Waals surface area (Å²) in [6.45, 7) is 0. The Kier molecular flexibility index (Phi) is 19.2. The molecule has 0 aromatic rings. The van der Waals surface area contributed by atoms with Crippen LogP contribution >= 0.6 is 0 Å². The molecule has 12 heteroatoms. The van der Waals surface area contributed by atoms with Crippen molar-refractivity contribution in [2.45, 2.75) is 0 Å². The molecule has 70 valence electrons. The fourth-order valence-electron chi connectivity index (χ4n) is 0. The van der Waals surface area contributed by atoms with Crippen LogP contribution in [-0.4, -0.2) is 109 Å². The summed E-state index contributed by atoms with van der Waals surface area (Å²) >= 11 is 0. The van der Waals surface area contributed by atoms with Gasteiger partial charge in [-0.25, -0.2) is 0 Å². The first-order valence-corrected chi connectivity index (χ1v) is 4.19. The molecule has 0 aromatic heterocycles. The van der Waals surface area contributed by atoms with Gasteiger partial charge < -0.3 is 0 Å². The molecule has 0 heterocycles. The molecule has 0 radical (unpaired) electrons. The van der Waals surface area contributed by atoms with Gasteiger partial charge in [0, 0.05) is 0 Å². The number of hydrogen-bond donors (Lipinski definition) is 4. The minimum atomic E-state index is -4.67. The van der Waals surface area contributed by atoms with Crippen molar-refractivity contribution in [2.75, 3.05) is 0 Å². The van der Waals surface area contributed by atoms with Crippen LogP contribution in [0.5, 0.6) is 0 Å². The fraction of sp³-hybridized carbons (Fsp3) is 0. The minimum Gasteiger partial charge on any atom is 0.316 e. The summed E-state index contributed by atoms with van der Waals surface area (Å²) in [4.78, 5) is 0. The summed E-state index contributed by atoms with van der Waals surface area (Å²) in [5.41, 5.74) is 0. The molecule has 0 saturated heterocycles. The molecule has 0 saturated carbocycles. The van der Waals surface area contributed by atoms with E-state index in [1.54, 1.807) is 0 Å². The molecule has 0 aliphatic carbocycles. The first kappa shape index (κ1) is 23.7. The van der Waals surface area contributed by atoms with Gasteiger partial charge in [-0.05, 0) is 0 Å². The summed E-state index contributed by atoms with van der Waals surface area (Å²) in [5.74, 6) is 0. The summed E-state index contributed by atoms with van der Waals surface area (Å²) in [6, 6.07) is 0. The summed E-state index contributed by atoms with van der Waals surface area (Å²) in [6.07, 6.45) is 0. The van der Waals surface area contributed by atoms with E-state index in [9.17, 15) is 0 Å². The maximum absolute atomic E-state index is 8.74. The van der Waals surface area contributed by atoms with E-state index >= 15 is 0 Å². The Bertz CT molecular complexity index is 213. The molecular formula is H7KMgO8S2. The van der Waals surface area contributed by atoms with Crippen LogP contribution in [0.1, 0.15) is 0 Å². The molecule has 12 heavy (non-hydrogen) atoms. The van der Waals surface area contributed by atoms with Crippen LogP contribution < -0.4 is 0 Å². The number of rotatable bonds is 0. The van der Waals surface area contributed by atoms with Crippen molar-refractivity contribution in [3.8, 4) is 0 Å². The molecule has 0 spiro atoms. The third-order valence-corrected chi connectivity index (χ3v) is 0. The first-order valence-electron chi connectivity index (χ1n) is 1.40. The molecule has 0 aliphatic rings. The van der Waals surface area contributed by atoms with Gasteiger partial charge in [0.05, 0.1) is 0 Å². The smallest absolute Gasteiger partial charge is 0.316 e. The van der Waals surface area contributed by atoms with E-state index in [0.29, 0.717) is 0 Å². The van der Waals surface area contributed by atoms with E-state index in [1.165, 1.54) is 0 Å². The van der Waals surface area contributed by atoms with Gasteiger partial charge in [0.25, 0.3) is 0 Å². The van der Waals surface area contributed by atoms with Gasteiger partial charge in [-0.3, -0.25) is 18.2 Å². The standard InChI is InChI=1S/K.Mg.2H2O4S.3H/c;;2*1-5(2,3)4;;;/h;;2*(H2,1,2,3,4);;;.